The molecule has 0 aliphatic heterocycles. The van der Waals surface area contributed by atoms with Gasteiger partial charge in [0.15, 0.2) is 0 Å². The lowest BCUT2D eigenvalue weighted by atomic mass is 10.1. The van der Waals surface area contributed by atoms with Crippen LogP contribution in [0.15, 0.2) is 30.5 Å². The molecule has 124 valence electrons. The maximum atomic E-state index is 11.9. The number of nitrogens with one attached hydrogen (secondary N) is 2. The van der Waals surface area contributed by atoms with Gasteiger partial charge in [-0.25, -0.2) is 0 Å². The summed E-state index contributed by atoms with van der Waals surface area (Å²) in [5, 5.41) is 12.6. The number of unbranched alkanes of at least 4 members (excludes halogenated alkanes) is 3. The zero-order valence-corrected chi connectivity index (χ0v) is 13.3. The van der Waals surface area contributed by atoms with E-state index < -0.39 is 5.97 Å². The Morgan fingerprint density at radius 2 is 1.83 bits per heavy atom. The molecular weight excluding hydrogens is 292 g/mol. The van der Waals surface area contributed by atoms with Gasteiger partial charge < -0.3 is 15.4 Å². The van der Waals surface area contributed by atoms with E-state index in [0.717, 1.165) is 31.2 Å². The predicted molar refractivity (Wildman–Crippen MR) is 90.4 cm³/mol. The number of carbonyl (C=O) groups excluding carboxylic acids is 1. The second-order valence-electron chi connectivity index (χ2n) is 5.77. The highest BCUT2D eigenvalue weighted by atomic mass is 16.4. The molecular formula is C18H24N2O3. The second kappa shape index (κ2) is 8.98. The van der Waals surface area contributed by atoms with Crippen molar-refractivity contribution in [1.82, 2.24) is 10.3 Å². The van der Waals surface area contributed by atoms with Crippen molar-refractivity contribution in [3.05, 3.63) is 36.0 Å². The van der Waals surface area contributed by atoms with Crippen molar-refractivity contribution >= 4 is 22.8 Å². The van der Waals surface area contributed by atoms with Gasteiger partial charge in [-0.05, 0) is 30.9 Å². The van der Waals surface area contributed by atoms with Gasteiger partial charge in [0.25, 0.3) is 0 Å². The van der Waals surface area contributed by atoms with Crippen LogP contribution in [0.2, 0.25) is 0 Å². The third kappa shape index (κ3) is 5.77. The van der Waals surface area contributed by atoms with Gasteiger partial charge in [0.2, 0.25) is 5.91 Å². The fraction of sp³-hybridized carbons (Fsp3) is 0.444. The number of hydrogen-bond donors (Lipinski definition) is 3. The second-order valence-corrected chi connectivity index (χ2v) is 5.77. The predicted octanol–water partition coefficient (Wildman–Crippen LogP) is 3.25. The molecule has 5 nitrogen and oxygen atoms in total. The number of H-pyrrole nitrogens is 1. The van der Waals surface area contributed by atoms with Crippen LogP contribution in [0.25, 0.3) is 10.9 Å². The molecule has 23 heavy (non-hydrogen) atoms. The van der Waals surface area contributed by atoms with E-state index in [1.54, 1.807) is 0 Å². The van der Waals surface area contributed by atoms with Gasteiger partial charge in [-0.15, -0.1) is 0 Å². The third-order valence-electron chi connectivity index (χ3n) is 3.94. The van der Waals surface area contributed by atoms with E-state index in [2.05, 4.69) is 16.4 Å². The largest absolute Gasteiger partial charge is 0.481 e. The zero-order chi connectivity index (χ0) is 16.5. The lowest BCUT2D eigenvalue weighted by Gasteiger charge is -2.05. The highest BCUT2D eigenvalue weighted by Gasteiger charge is 2.06. The lowest BCUT2D eigenvalue weighted by Crippen LogP contribution is -2.24. The van der Waals surface area contributed by atoms with E-state index in [0.29, 0.717) is 19.4 Å². The van der Waals surface area contributed by atoms with Crippen molar-refractivity contribution in [3.63, 3.8) is 0 Å². The number of aromatic amines is 1. The maximum Gasteiger partial charge on any atom is 0.303 e. The smallest absolute Gasteiger partial charge is 0.303 e. The van der Waals surface area contributed by atoms with E-state index >= 15 is 0 Å². The summed E-state index contributed by atoms with van der Waals surface area (Å²) in [6, 6.07) is 8.09. The number of benzene rings is 1. The number of aromatic nitrogens is 1. The molecule has 1 aromatic carbocycles. The molecule has 2 rings (SSSR count). The number of hydrogen-bond acceptors (Lipinski definition) is 2. The summed E-state index contributed by atoms with van der Waals surface area (Å²) >= 11 is 0. The molecule has 5 heteroatoms. The van der Waals surface area contributed by atoms with Gasteiger partial charge >= 0.3 is 5.97 Å². The molecule has 0 unspecified atom stereocenters. The monoisotopic (exact) mass is 316 g/mol. The molecule has 0 fully saturated rings. The van der Waals surface area contributed by atoms with Gasteiger partial charge in [-0.3, -0.25) is 9.59 Å². The summed E-state index contributed by atoms with van der Waals surface area (Å²) in [6.45, 7) is 0.666. The first-order valence-corrected chi connectivity index (χ1v) is 8.20. The minimum Gasteiger partial charge on any atom is -0.481 e. The number of carboxylic acids is 1. The molecule has 0 saturated carbocycles. The first kappa shape index (κ1) is 17.1. The van der Waals surface area contributed by atoms with Crippen LogP contribution in [0.4, 0.5) is 0 Å². The SMILES string of the molecule is O=C(O)CCCCCCNC(=O)CCc1c[nH]c2ccccc12. The molecule has 0 aliphatic rings. The molecule has 0 radical (unpaired) electrons. The number of amides is 1. The molecule has 0 atom stereocenters. The summed E-state index contributed by atoms with van der Waals surface area (Å²) in [5.41, 5.74) is 2.27. The van der Waals surface area contributed by atoms with Crippen molar-refractivity contribution in [3.8, 4) is 0 Å². The number of para-hydroxylation sites is 1. The van der Waals surface area contributed by atoms with E-state index in [4.69, 9.17) is 5.11 Å². The Kier molecular flexibility index (Phi) is 6.66. The molecule has 1 aromatic heterocycles. The topological polar surface area (TPSA) is 82.2 Å². The van der Waals surface area contributed by atoms with Gasteiger partial charge in [0.1, 0.15) is 0 Å². The number of rotatable bonds is 10. The van der Waals surface area contributed by atoms with Crippen LogP contribution in [0.5, 0.6) is 0 Å². The summed E-state index contributed by atoms with van der Waals surface area (Å²) in [7, 11) is 0. The fourth-order valence-corrected chi connectivity index (χ4v) is 2.66. The number of aliphatic carboxylic acids is 1. The highest BCUT2D eigenvalue weighted by Crippen LogP contribution is 2.18. The summed E-state index contributed by atoms with van der Waals surface area (Å²) < 4.78 is 0. The molecule has 0 bridgehead atoms. The first-order valence-electron chi connectivity index (χ1n) is 8.20. The van der Waals surface area contributed by atoms with Crippen LogP contribution in [0.3, 0.4) is 0 Å². The summed E-state index contributed by atoms with van der Waals surface area (Å²) in [4.78, 5) is 25.4. The molecule has 1 amide bonds. The average molecular weight is 316 g/mol. The lowest BCUT2D eigenvalue weighted by molar-refractivity contribution is -0.137. The Bertz CT molecular complexity index is 649. The molecule has 3 N–H and O–H groups in total. The van der Waals surface area contributed by atoms with E-state index in [-0.39, 0.29) is 12.3 Å². The van der Waals surface area contributed by atoms with Crippen molar-refractivity contribution in [2.45, 2.75) is 44.9 Å². The molecule has 0 saturated heterocycles. The first-order chi connectivity index (χ1) is 11.2. The Morgan fingerprint density at radius 1 is 1.04 bits per heavy atom. The molecule has 0 aliphatic carbocycles. The van der Waals surface area contributed by atoms with E-state index in [1.807, 2.05) is 24.4 Å². The van der Waals surface area contributed by atoms with Crippen molar-refractivity contribution in [2.75, 3.05) is 6.54 Å². The van der Waals surface area contributed by atoms with Crippen molar-refractivity contribution in [2.24, 2.45) is 0 Å². The minimum atomic E-state index is -0.740. The van der Waals surface area contributed by atoms with Gasteiger partial charge in [0.05, 0.1) is 0 Å². The maximum absolute atomic E-state index is 11.9. The number of carbonyl (C=O) groups is 2. The highest BCUT2D eigenvalue weighted by molar-refractivity contribution is 5.84. The summed E-state index contributed by atoms with van der Waals surface area (Å²) in [5.74, 6) is -0.670. The Hall–Kier alpha value is -2.30. The number of aryl methyl sites for hydroxylation is 1. The summed E-state index contributed by atoms with van der Waals surface area (Å²) in [6.07, 6.45) is 6.89. The number of fused-ring (bicyclic) bond motifs is 1. The van der Waals surface area contributed by atoms with Crippen LogP contribution < -0.4 is 5.32 Å². The van der Waals surface area contributed by atoms with Crippen molar-refractivity contribution in [1.29, 1.82) is 0 Å². The van der Waals surface area contributed by atoms with Gasteiger partial charge in [0, 0.05) is 36.5 Å². The average Bonchev–Trinajstić information content (AvgIpc) is 2.95. The van der Waals surface area contributed by atoms with E-state index in [1.165, 1.54) is 10.9 Å². The molecule has 0 spiro atoms. The quantitative estimate of drug-likeness (QED) is 0.588. The standard InChI is InChI=1S/C18H24N2O3/c21-17(19-12-6-2-1-3-9-18(22)23)11-10-14-13-20-16-8-5-4-7-15(14)16/h4-5,7-8,13,20H,1-3,6,9-12H2,(H,19,21)(H,22,23). The van der Waals surface area contributed by atoms with Crippen LogP contribution in [0, 0.1) is 0 Å². The third-order valence-corrected chi connectivity index (χ3v) is 3.94. The Balaban J connectivity index is 1.59. The Morgan fingerprint density at radius 3 is 2.65 bits per heavy atom. The van der Waals surface area contributed by atoms with Crippen LogP contribution in [-0.4, -0.2) is 28.5 Å². The zero-order valence-electron chi connectivity index (χ0n) is 13.3. The molecule has 1 heterocycles. The van der Waals surface area contributed by atoms with Crippen LogP contribution in [0.1, 0.15) is 44.1 Å². The van der Waals surface area contributed by atoms with Crippen LogP contribution in [-0.2, 0) is 16.0 Å². The van der Waals surface area contributed by atoms with Gasteiger partial charge in [-0.1, -0.05) is 31.0 Å². The van der Waals surface area contributed by atoms with Crippen LogP contribution >= 0.6 is 0 Å². The Labute approximate surface area is 136 Å². The molecule has 2 aromatic rings. The fourth-order valence-electron chi connectivity index (χ4n) is 2.66. The van der Waals surface area contributed by atoms with Crippen molar-refractivity contribution < 1.29 is 14.7 Å². The van der Waals surface area contributed by atoms with Gasteiger partial charge in [-0.2, -0.15) is 0 Å². The minimum absolute atomic E-state index is 0.0702. The van der Waals surface area contributed by atoms with E-state index in [9.17, 15) is 9.59 Å². The number of carboxylic acid groups (broad SMARTS) is 1. The normalized spacial score (nSPS) is 10.8.